The summed E-state index contributed by atoms with van der Waals surface area (Å²) in [7, 11) is 4.73. The van der Waals surface area contributed by atoms with E-state index in [9.17, 15) is 9.59 Å². The average molecular weight is 476 g/mol. The fraction of sp³-hybridized carbons (Fsp3) is 0.259. The molecule has 0 fully saturated rings. The van der Waals surface area contributed by atoms with Crippen LogP contribution in [-0.4, -0.2) is 51.3 Å². The Labute approximate surface area is 204 Å². The highest BCUT2D eigenvalue weighted by molar-refractivity contribution is 5.94. The van der Waals surface area contributed by atoms with Crippen LogP contribution in [0.3, 0.4) is 0 Å². The Balaban J connectivity index is 1.62. The van der Waals surface area contributed by atoms with Gasteiger partial charge in [-0.3, -0.25) is 4.79 Å². The van der Waals surface area contributed by atoms with Crippen LogP contribution in [0.15, 0.2) is 66.7 Å². The molecule has 8 nitrogen and oxygen atoms in total. The predicted molar refractivity (Wildman–Crippen MR) is 133 cm³/mol. The van der Waals surface area contributed by atoms with E-state index in [4.69, 9.17) is 14.2 Å². The normalized spacial score (nSPS) is 14.5. The van der Waals surface area contributed by atoms with Crippen LogP contribution < -0.4 is 24.8 Å². The first kappa shape index (κ1) is 23.9. The number of methoxy groups -OCH3 is 3. The van der Waals surface area contributed by atoms with Crippen molar-refractivity contribution >= 4 is 17.6 Å². The zero-order valence-corrected chi connectivity index (χ0v) is 20.0. The second-order valence-electron chi connectivity index (χ2n) is 8.10. The van der Waals surface area contributed by atoms with E-state index in [1.54, 1.807) is 50.5 Å². The van der Waals surface area contributed by atoms with Crippen molar-refractivity contribution in [1.82, 2.24) is 10.2 Å². The van der Waals surface area contributed by atoms with Gasteiger partial charge in [0, 0.05) is 24.3 Å². The van der Waals surface area contributed by atoms with Crippen molar-refractivity contribution in [3.63, 3.8) is 0 Å². The number of carbonyl (C=O) groups excluding carboxylic acids is 2. The molecule has 4 rings (SSSR count). The van der Waals surface area contributed by atoms with Crippen LogP contribution in [-0.2, 0) is 6.42 Å². The van der Waals surface area contributed by atoms with E-state index in [0.29, 0.717) is 41.5 Å². The molecule has 182 valence electrons. The summed E-state index contributed by atoms with van der Waals surface area (Å²) in [5.74, 6) is 1.55. The SMILES string of the molecule is COc1cccc(C(=O)NCC2c3cc(OC)c(OC)cc3CCN2C(=O)Nc2ccccc2)c1. The molecule has 3 aromatic carbocycles. The number of nitrogens with zero attached hydrogens (tertiary/aromatic N) is 1. The maximum Gasteiger partial charge on any atom is 0.322 e. The van der Waals surface area contributed by atoms with E-state index < -0.39 is 6.04 Å². The highest BCUT2D eigenvalue weighted by atomic mass is 16.5. The van der Waals surface area contributed by atoms with Gasteiger partial charge in [-0.05, 0) is 60.0 Å². The van der Waals surface area contributed by atoms with Gasteiger partial charge in [-0.15, -0.1) is 0 Å². The first-order valence-corrected chi connectivity index (χ1v) is 11.3. The molecule has 3 aromatic rings. The van der Waals surface area contributed by atoms with E-state index in [1.807, 2.05) is 42.5 Å². The molecule has 2 N–H and O–H groups in total. The Bertz CT molecular complexity index is 1200. The summed E-state index contributed by atoms with van der Waals surface area (Å²) in [5.41, 5.74) is 3.14. The number of urea groups is 1. The molecule has 0 spiro atoms. The molecule has 0 saturated carbocycles. The molecule has 0 aliphatic carbocycles. The number of ether oxygens (including phenoxy) is 3. The van der Waals surface area contributed by atoms with Gasteiger partial charge in [-0.25, -0.2) is 4.79 Å². The van der Waals surface area contributed by atoms with Crippen molar-refractivity contribution in [3.8, 4) is 17.2 Å². The highest BCUT2D eigenvalue weighted by Gasteiger charge is 2.32. The lowest BCUT2D eigenvalue weighted by molar-refractivity contribution is 0.0936. The van der Waals surface area contributed by atoms with E-state index in [2.05, 4.69) is 10.6 Å². The van der Waals surface area contributed by atoms with Gasteiger partial charge >= 0.3 is 6.03 Å². The molecule has 1 aliphatic heterocycles. The largest absolute Gasteiger partial charge is 0.497 e. The van der Waals surface area contributed by atoms with Gasteiger partial charge in [0.2, 0.25) is 0 Å². The van der Waals surface area contributed by atoms with Gasteiger partial charge in [0.05, 0.1) is 27.4 Å². The molecule has 35 heavy (non-hydrogen) atoms. The van der Waals surface area contributed by atoms with Crippen LogP contribution in [0, 0.1) is 0 Å². The van der Waals surface area contributed by atoms with Crippen molar-refractivity contribution in [1.29, 1.82) is 0 Å². The quantitative estimate of drug-likeness (QED) is 0.533. The third kappa shape index (κ3) is 5.32. The standard InChI is InChI=1S/C27H29N3O5/c1-33-21-11-7-8-19(14-21)26(31)28-17-23-22-16-25(35-3)24(34-2)15-18(22)12-13-30(23)27(32)29-20-9-5-4-6-10-20/h4-11,14-16,23H,12-13,17H2,1-3H3,(H,28,31)(H,29,32). The minimum absolute atomic E-state index is 0.223. The molecular weight excluding hydrogens is 446 g/mol. The minimum atomic E-state index is -0.406. The van der Waals surface area contributed by atoms with E-state index >= 15 is 0 Å². The Morgan fingerprint density at radius 1 is 0.914 bits per heavy atom. The molecule has 1 atom stereocenters. The van der Waals surface area contributed by atoms with Gasteiger partial charge in [-0.1, -0.05) is 24.3 Å². The summed E-state index contributed by atoms with van der Waals surface area (Å²) in [6.45, 7) is 0.710. The summed E-state index contributed by atoms with van der Waals surface area (Å²) in [4.78, 5) is 28.0. The smallest absolute Gasteiger partial charge is 0.322 e. The van der Waals surface area contributed by atoms with Gasteiger partial charge in [0.1, 0.15) is 5.75 Å². The van der Waals surface area contributed by atoms with Gasteiger partial charge in [0.15, 0.2) is 11.5 Å². The third-order valence-electron chi connectivity index (χ3n) is 6.08. The van der Waals surface area contributed by atoms with Crippen molar-refractivity contribution in [3.05, 3.63) is 83.4 Å². The number of anilines is 1. The minimum Gasteiger partial charge on any atom is -0.497 e. The molecule has 3 amide bonds. The lowest BCUT2D eigenvalue weighted by Crippen LogP contribution is -2.46. The van der Waals surface area contributed by atoms with Gasteiger partial charge < -0.3 is 29.7 Å². The number of carbonyl (C=O) groups is 2. The zero-order valence-electron chi connectivity index (χ0n) is 20.0. The van der Waals surface area contributed by atoms with E-state index in [0.717, 1.165) is 11.1 Å². The second kappa shape index (κ2) is 10.8. The Hall–Kier alpha value is -4.20. The molecular formula is C27H29N3O5. The van der Waals surface area contributed by atoms with Crippen LogP contribution in [0.2, 0.25) is 0 Å². The number of hydrogen-bond donors (Lipinski definition) is 2. The first-order chi connectivity index (χ1) is 17.0. The predicted octanol–water partition coefficient (Wildman–Crippen LogP) is 4.27. The molecule has 0 radical (unpaired) electrons. The number of para-hydroxylation sites is 1. The average Bonchev–Trinajstić information content (AvgIpc) is 2.91. The fourth-order valence-corrected chi connectivity index (χ4v) is 4.26. The van der Waals surface area contributed by atoms with Crippen LogP contribution in [0.1, 0.15) is 27.5 Å². The number of fused-ring (bicyclic) bond motifs is 1. The topological polar surface area (TPSA) is 89.1 Å². The highest BCUT2D eigenvalue weighted by Crippen LogP contribution is 2.38. The monoisotopic (exact) mass is 475 g/mol. The summed E-state index contributed by atoms with van der Waals surface area (Å²) >= 11 is 0. The third-order valence-corrected chi connectivity index (χ3v) is 6.08. The Morgan fingerprint density at radius 2 is 1.66 bits per heavy atom. The number of rotatable bonds is 7. The zero-order chi connectivity index (χ0) is 24.8. The maximum atomic E-state index is 13.3. The van der Waals surface area contributed by atoms with Crippen LogP contribution in [0.4, 0.5) is 10.5 Å². The molecule has 1 unspecified atom stereocenters. The van der Waals surface area contributed by atoms with Gasteiger partial charge in [-0.2, -0.15) is 0 Å². The van der Waals surface area contributed by atoms with Crippen LogP contribution >= 0.6 is 0 Å². The number of benzene rings is 3. The summed E-state index contributed by atoms with van der Waals surface area (Å²) in [6.07, 6.45) is 0.651. The molecule has 8 heteroatoms. The number of nitrogens with one attached hydrogen (secondary N) is 2. The number of amides is 3. The van der Waals surface area contributed by atoms with Crippen molar-refractivity contribution in [2.24, 2.45) is 0 Å². The molecule has 1 heterocycles. The molecule has 0 aromatic heterocycles. The molecule has 1 aliphatic rings. The summed E-state index contributed by atoms with van der Waals surface area (Å²) in [6, 6.07) is 19.4. The second-order valence-corrected chi connectivity index (χ2v) is 8.10. The molecule has 0 bridgehead atoms. The van der Waals surface area contributed by atoms with Crippen LogP contribution in [0.25, 0.3) is 0 Å². The fourth-order valence-electron chi connectivity index (χ4n) is 4.26. The Morgan fingerprint density at radius 3 is 2.37 bits per heavy atom. The van der Waals surface area contributed by atoms with E-state index in [1.165, 1.54) is 0 Å². The maximum absolute atomic E-state index is 13.3. The lowest BCUT2D eigenvalue weighted by atomic mass is 9.91. The van der Waals surface area contributed by atoms with Crippen molar-refractivity contribution in [2.45, 2.75) is 12.5 Å². The Kier molecular flexibility index (Phi) is 7.40. The van der Waals surface area contributed by atoms with E-state index in [-0.39, 0.29) is 18.5 Å². The van der Waals surface area contributed by atoms with Crippen LogP contribution in [0.5, 0.6) is 17.2 Å². The summed E-state index contributed by atoms with van der Waals surface area (Å²) in [5, 5.41) is 5.95. The van der Waals surface area contributed by atoms with Crippen molar-refractivity contribution in [2.75, 3.05) is 39.7 Å². The number of hydrogen-bond acceptors (Lipinski definition) is 5. The molecule has 0 saturated heterocycles. The van der Waals surface area contributed by atoms with Gasteiger partial charge in [0.25, 0.3) is 5.91 Å². The first-order valence-electron chi connectivity index (χ1n) is 11.3. The van der Waals surface area contributed by atoms with Crippen molar-refractivity contribution < 1.29 is 23.8 Å². The summed E-state index contributed by atoms with van der Waals surface area (Å²) < 4.78 is 16.2. The lowest BCUT2D eigenvalue weighted by Gasteiger charge is -2.38.